The summed E-state index contributed by atoms with van der Waals surface area (Å²) in [6.45, 7) is 8.63. The summed E-state index contributed by atoms with van der Waals surface area (Å²) in [5.41, 5.74) is -0.619. The number of likely N-dealkylation sites (tertiary alicyclic amines) is 1. The molecule has 4 nitrogen and oxygen atoms in total. The summed E-state index contributed by atoms with van der Waals surface area (Å²) in [7, 11) is 0. The fraction of sp³-hybridized carbons (Fsp3) is 0.909. The number of carboxylic acids is 1. The molecular weight excluding hydrogens is 192 g/mol. The number of carboxylic acid groups (broad SMARTS) is 1. The summed E-state index contributed by atoms with van der Waals surface area (Å²) in [4.78, 5) is 13.3. The molecule has 0 aromatic heterocycles. The Morgan fingerprint density at radius 1 is 1.40 bits per heavy atom. The van der Waals surface area contributed by atoms with Gasteiger partial charge in [-0.15, -0.1) is 0 Å². The zero-order valence-electron chi connectivity index (χ0n) is 9.49. The highest BCUT2D eigenvalue weighted by molar-refractivity contribution is 5.73. The summed E-state index contributed by atoms with van der Waals surface area (Å²) in [6.07, 6.45) is 0. The Morgan fingerprint density at radius 3 is 2.40 bits per heavy atom. The van der Waals surface area contributed by atoms with E-state index >= 15 is 0 Å². The number of aliphatic carboxylic acids is 1. The van der Waals surface area contributed by atoms with Crippen LogP contribution in [0, 0.1) is 17.3 Å². The van der Waals surface area contributed by atoms with Gasteiger partial charge in [-0.3, -0.25) is 4.79 Å². The molecule has 2 unspecified atom stereocenters. The predicted molar refractivity (Wildman–Crippen MR) is 57.7 cm³/mol. The number of fused-ring (bicyclic) bond motifs is 1. The maximum Gasteiger partial charge on any atom is 0.310 e. The fourth-order valence-corrected chi connectivity index (χ4v) is 2.71. The first-order chi connectivity index (χ1) is 6.99. The van der Waals surface area contributed by atoms with Crippen LogP contribution in [0.3, 0.4) is 0 Å². The van der Waals surface area contributed by atoms with E-state index in [1.165, 1.54) is 0 Å². The van der Waals surface area contributed by atoms with Crippen LogP contribution >= 0.6 is 0 Å². The van der Waals surface area contributed by atoms with E-state index in [1.807, 2.05) is 13.8 Å². The quantitative estimate of drug-likeness (QED) is 0.704. The molecule has 86 valence electrons. The summed E-state index contributed by atoms with van der Waals surface area (Å²) >= 11 is 0. The standard InChI is InChI=1S/C11H20N2O2/c1-11(2,10(14)15)7-13-5-8-3-12-4-9(8)6-13/h8-9,12H,3-7H2,1-2H3,(H,14,15). The van der Waals surface area contributed by atoms with Crippen LogP contribution in [0.4, 0.5) is 0 Å². The van der Waals surface area contributed by atoms with Crippen LogP contribution in [-0.2, 0) is 4.79 Å². The van der Waals surface area contributed by atoms with Crippen LogP contribution in [0.1, 0.15) is 13.8 Å². The van der Waals surface area contributed by atoms with Crippen LogP contribution < -0.4 is 5.32 Å². The first-order valence-electron chi connectivity index (χ1n) is 5.65. The molecule has 2 rings (SSSR count). The molecule has 2 atom stereocenters. The monoisotopic (exact) mass is 212 g/mol. The molecule has 0 amide bonds. The smallest absolute Gasteiger partial charge is 0.310 e. The molecule has 2 aliphatic rings. The van der Waals surface area contributed by atoms with Crippen molar-refractivity contribution in [3.8, 4) is 0 Å². The van der Waals surface area contributed by atoms with Crippen molar-refractivity contribution >= 4 is 5.97 Å². The van der Waals surface area contributed by atoms with E-state index in [2.05, 4.69) is 10.2 Å². The van der Waals surface area contributed by atoms with E-state index < -0.39 is 11.4 Å². The van der Waals surface area contributed by atoms with Gasteiger partial charge < -0.3 is 15.3 Å². The van der Waals surface area contributed by atoms with Crippen LogP contribution in [0.15, 0.2) is 0 Å². The van der Waals surface area contributed by atoms with Crippen LogP contribution in [0.25, 0.3) is 0 Å². The maximum atomic E-state index is 11.0. The lowest BCUT2D eigenvalue weighted by Crippen LogP contribution is -2.39. The largest absolute Gasteiger partial charge is 0.481 e. The van der Waals surface area contributed by atoms with Crippen molar-refractivity contribution in [2.45, 2.75) is 13.8 Å². The minimum atomic E-state index is -0.697. The van der Waals surface area contributed by atoms with Gasteiger partial charge in [-0.1, -0.05) is 0 Å². The number of nitrogens with zero attached hydrogens (tertiary/aromatic N) is 1. The lowest BCUT2D eigenvalue weighted by atomic mass is 9.93. The third kappa shape index (κ3) is 2.16. The highest BCUT2D eigenvalue weighted by Crippen LogP contribution is 2.29. The van der Waals surface area contributed by atoms with Gasteiger partial charge in [0.2, 0.25) is 0 Å². The molecule has 2 heterocycles. The molecule has 2 aliphatic heterocycles. The molecule has 0 radical (unpaired) electrons. The van der Waals surface area contributed by atoms with Crippen molar-refractivity contribution in [3.05, 3.63) is 0 Å². The fourth-order valence-electron chi connectivity index (χ4n) is 2.71. The molecule has 2 N–H and O–H groups in total. The second-order valence-electron chi connectivity index (χ2n) is 5.56. The van der Waals surface area contributed by atoms with E-state index in [1.54, 1.807) is 0 Å². The minimum Gasteiger partial charge on any atom is -0.481 e. The van der Waals surface area contributed by atoms with Gasteiger partial charge in [-0.25, -0.2) is 0 Å². The summed E-state index contributed by atoms with van der Waals surface area (Å²) in [5.74, 6) is 0.793. The van der Waals surface area contributed by atoms with Gasteiger partial charge in [-0.05, 0) is 38.8 Å². The van der Waals surface area contributed by atoms with Crippen LogP contribution in [0.5, 0.6) is 0 Å². The lowest BCUT2D eigenvalue weighted by Gasteiger charge is -2.26. The molecular formula is C11H20N2O2. The topological polar surface area (TPSA) is 52.6 Å². The highest BCUT2D eigenvalue weighted by atomic mass is 16.4. The van der Waals surface area contributed by atoms with Gasteiger partial charge in [-0.2, -0.15) is 0 Å². The van der Waals surface area contributed by atoms with Gasteiger partial charge in [0.15, 0.2) is 0 Å². The SMILES string of the molecule is CC(C)(CN1CC2CNCC2C1)C(=O)O. The number of rotatable bonds is 3. The van der Waals surface area contributed by atoms with E-state index in [0.717, 1.165) is 38.0 Å². The van der Waals surface area contributed by atoms with Crippen molar-refractivity contribution in [3.63, 3.8) is 0 Å². The third-order valence-corrected chi connectivity index (χ3v) is 3.66. The summed E-state index contributed by atoms with van der Waals surface area (Å²) in [6, 6.07) is 0. The van der Waals surface area contributed by atoms with Crippen molar-refractivity contribution in [1.29, 1.82) is 0 Å². The zero-order valence-corrected chi connectivity index (χ0v) is 9.49. The second-order valence-corrected chi connectivity index (χ2v) is 5.56. The second kappa shape index (κ2) is 3.76. The summed E-state index contributed by atoms with van der Waals surface area (Å²) in [5, 5.41) is 12.5. The van der Waals surface area contributed by atoms with E-state index in [0.29, 0.717) is 6.54 Å². The Kier molecular flexibility index (Phi) is 2.73. The molecule has 0 saturated carbocycles. The molecule has 4 heteroatoms. The average molecular weight is 212 g/mol. The molecule has 0 bridgehead atoms. The van der Waals surface area contributed by atoms with E-state index in [4.69, 9.17) is 5.11 Å². The Morgan fingerprint density at radius 2 is 1.93 bits per heavy atom. The zero-order chi connectivity index (χ0) is 11.1. The molecule has 0 spiro atoms. The number of nitrogens with one attached hydrogen (secondary N) is 1. The first-order valence-corrected chi connectivity index (χ1v) is 5.65. The Bertz CT molecular complexity index is 253. The van der Waals surface area contributed by atoms with Crippen molar-refractivity contribution in [2.24, 2.45) is 17.3 Å². The molecule has 0 aromatic rings. The number of hydrogen-bond acceptors (Lipinski definition) is 3. The van der Waals surface area contributed by atoms with Gasteiger partial charge >= 0.3 is 5.97 Å². The van der Waals surface area contributed by atoms with Crippen LogP contribution in [-0.4, -0.2) is 48.7 Å². The van der Waals surface area contributed by atoms with Crippen molar-refractivity contribution in [1.82, 2.24) is 10.2 Å². The Hall–Kier alpha value is -0.610. The normalized spacial score (nSPS) is 31.9. The predicted octanol–water partition coefficient (Wildman–Crippen LogP) is 0.248. The average Bonchev–Trinajstić information content (AvgIpc) is 2.62. The number of carbonyl (C=O) groups is 1. The molecule has 2 saturated heterocycles. The van der Waals surface area contributed by atoms with E-state index in [-0.39, 0.29) is 0 Å². The third-order valence-electron chi connectivity index (χ3n) is 3.66. The van der Waals surface area contributed by atoms with Crippen molar-refractivity contribution in [2.75, 3.05) is 32.7 Å². The molecule has 15 heavy (non-hydrogen) atoms. The Balaban J connectivity index is 1.90. The minimum absolute atomic E-state index is 0.619. The molecule has 0 aromatic carbocycles. The lowest BCUT2D eigenvalue weighted by molar-refractivity contribution is -0.147. The van der Waals surface area contributed by atoms with Crippen LogP contribution in [0.2, 0.25) is 0 Å². The van der Waals surface area contributed by atoms with Gasteiger partial charge in [0.05, 0.1) is 5.41 Å². The van der Waals surface area contributed by atoms with Gasteiger partial charge in [0.25, 0.3) is 0 Å². The highest BCUT2D eigenvalue weighted by Gasteiger charge is 2.39. The first kappa shape index (κ1) is 10.9. The Labute approximate surface area is 90.6 Å². The summed E-state index contributed by atoms with van der Waals surface area (Å²) < 4.78 is 0. The number of hydrogen-bond donors (Lipinski definition) is 2. The van der Waals surface area contributed by atoms with Gasteiger partial charge in [0, 0.05) is 19.6 Å². The maximum absolute atomic E-state index is 11.0. The molecule has 2 fully saturated rings. The molecule has 0 aliphatic carbocycles. The van der Waals surface area contributed by atoms with Crippen molar-refractivity contribution < 1.29 is 9.90 Å². The van der Waals surface area contributed by atoms with Gasteiger partial charge in [0.1, 0.15) is 0 Å². The van der Waals surface area contributed by atoms with E-state index in [9.17, 15) is 4.79 Å².